The highest BCUT2D eigenvalue weighted by Gasteiger charge is 2.22. The number of ether oxygens (including phenoxy) is 1. The van der Waals surface area contributed by atoms with Crippen molar-refractivity contribution in [3.8, 4) is 5.75 Å². The van der Waals surface area contributed by atoms with Crippen LogP contribution in [0.3, 0.4) is 0 Å². The van der Waals surface area contributed by atoms with Crippen molar-refractivity contribution in [2.45, 2.75) is 52.0 Å². The third-order valence-corrected chi connectivity index (χ3v) is 7.63. The summed E-state index contributed by atoms with van der Waals surface area (Å²) >= 11 is 0. The van der Waals surface area contributed by atoms with Gasteiger partial charge in [-0.1, -0.05) is 37.3 Å². The molecule has 0 saturated carbocycles. The number of benzene rings is 3. The maximum absolute atomic E-state index is 13.2. The molecule has 6 nitrogen and oxygen atoms in total. The van der Waals surface area contributed by atoms with E-state index >= 15 is 0 Å². The minimum absolute atomic E-state index is 0.0781. The van der Waals surface area contributed by atoms with E-state index in [1.807, 2.05) is 58.0 Å². The Labute approximate surface area is 202 Å². The van der Waals surface area contributed by atoms with Crippen molar-refractivity contribution in [1.82, 2.24) is 5.32 Å². The zero-order valence-corrected chi connectivity index (χ0v) is 21.3. The molecule has 0 aliphatic heterocycles. The molecule has 3 rings (SSSR count). The van der Waals surface area contributed by atoms with E-state index in [4.69, 9.17) is 4.74 Å². The standard InChI is InChI=1S/C27H32N2O4S/c1-7-23(21-13-14-25(33-6)19(4)15-21)28-27(30)22-12-11-18(3)26(16-22)34(31,32)29-24-10-8-9-17(2)20(24)5/h8-16,23,29H,7H2,1-6H3,(H,28,30). The number of sulfonamides is 1. The van der Waals surface area contributed by atoms with Crippen molar-refractivity contribution >= 4 is 21.6 Å². The highest BCUT2D eigenvalue weighted by Crippen LogP contribution is 2.26. The third-order valence-electron chi connectivity index (χ3n) is 6.12. The van der Waals surface area contributed by atoms with Crippen molar-refractivity contribution in [3.05, 3.63) is 88.0 Å². The normalized spacial score (nSPS) is 12.2. The van der Waals surface area contributed by atoms with Crippen molar-refractivity contribution in [3.63, 3.8) is 0 Å². The van der Waals surface area contributed by atoms with Crippen LogP contribution in [0.2, 0.25) is 0 Å². The average molecular weight is 481 g/mol. The molecule has 1 atom stereocenters. The van der Waals surface area contributed by atoms with Gasteiger partial charge in [0.05, 0.1) is 23.7 Å². The Morgan fingerprint density at radius 3 is 2.32 bits per heavy atom. The van der Waals surface area contributed by atoms with Crippen LogP contribution in [0, 0.1) is 27.7 Å². The summed E-state index contributed by atoms with van der Waals surface area (Å²) in [6, 6.07) is 15.8. The van der Waals surface area contributed by atoms with E-state index in [0.29, 0.717) is 17.7 Å². The first-order valence-electron chi connectivity index (χ1n) is 11.2. The van der Waals surface area contributed by atoms with E-state index < -0.39 is 10.0 Å². The van der Waals surface area contributed by atoms with Crippen LogP contribution in [0.15, 0.2) is 59.5 Å². The summed E-state index contributed by atoms with van der Waals surface area (Å²) in [7, 11) is -2.26. The van der Waals surface area contributed by atoms with Gasteiger partial charge in [0.15, 0.2) is 0 Å². The van der Waals surface area contributed by atoms with Crippen LogP contribution in [0.5, 0.6) is 5.75 Å². The van der Waals surface area contributed by atoms with Crippen LogP contribution in [0.1, 0.15) is 57.6 Å². The number of rotatable bonds is 8. The fourth-order valence-corrected chi connectivity index (χ4v) is 5.27. The van der Waals surface area contributed by atoms with Gasteiger partial charge in [0.1, 0.15) is 5.75 Å². The van der Waals surface area contributed by atoms with E-state index in [-0.39, 0.29) is 22.4 Å². The molecule has 0 radical (unpaired) electrons. The molecule has 0 aliphatic rings. The van der Waals surface area contributed by atoms with Gasteiger partial charge in [-0.3, -0.25) is 9.52 Å². The first kappa shape index (κ1) is 25.3. The predicted octanol–water partition coefficient (Wildman–Crippen LogP) is 5.61. The smallest absolute Gasteiger partial charge is 0.262 e. The number of amides is 1. The van der Waals surface area contributed by atoms with Crippen molar-refractivity contribution < 1.29 is 17.9 Å². The molecule has 1 amide bonds. The summed E-state index contributed by atoms with van der Waals surface area (Å²) in [6.45, 7) is 9.46. The van der Waals surface area contributed by atoms with E-state index in [9.17, 15) is 13.2 Å². The molecule has 3 aromatic carbocycles. The predicted molar refractivity (Wildman–Crippen MR) is 136 cm³/mol. The van der Waals surface area contributed by atoms with Gasteiger partial charge in [-0.2, -0.15) is 0 Å². The van der Waals surface area contributed by atoms with Crippen molar-refractivity contribution in [1.29, 1.82) is 0 Å². The lowest BCUT2D eigenvalue weighted by molar-refractivity contribution is 0.0935. The number of carbonyl (C=O) groups excluding carboxylic acids is 1. The number of aryl methyl sites for hydroxylation is 3. The maximum Gasteiger partial charge on any atom is 0.262 e. The average Bonchev–Trinajstić information content (AvgIpc) is 2.80. The Morgan fingerprint density at radius 2 is 1.68 bits per heavy atom. The molecule has 0 spiro atoms. The number of anilines is 1. The molecule has 0 bridgehead atoms. The molecule has 34 heavy (non-hydrogen) atoms. The highest BCUT2D eigenvalue weighted by atomic mass is 32.2. The Bertz CT molecular complexity index is 1320. The van der Waals surface area contributed by atoms with Crippen LogP contribution in [-0.4, -0.2) is 21.4 Å². The Hall–Kier alpha value is -3.32. The first-order chi connectivity index (χ1) is 16.1. The van der Waals surface area contributed by atoms with Crippen LogP contribution in [-0.2, 0) is 10.0 Å². The molecule has 180 valence electrons. The second kappa shape index (κ2) is 10.3. The third kappa shape index (κ3) is 5.42. The number of methoxy groups -OCH3 is 1. The summed E-state index contributed by atoms with van der Waals surface area (Å²) in [5, 5.41) is 3.03. The van der Waals surface area contributed by atoms with Gasteiger partial charge < -0.3 is 10.1 Å². The van der Waals surface area contributed by atoms with Gasteiger partial charge in [-0.25, -0.2) is 8.42 Å². The molecule has 0 aromatic heterocycles. The summed E-state index contributed by atoms with van der Waals surface area (Å²) < 4.78 is 34.4. The Morgan fingerprint density at radius 1 is 0.941 bits per heavy atom. The maximum atomic E-state index is 13.2. The van der Waals surface area contributed by atoms with Gasteiger partial charge in [0.2, 0.25) is 0 Å². The van der Waals surface area contributed by atoms with Crippen LogP contribution >= 0.6 is 0 Å². The largest absolute Gasteiger partial charge is 0.496 e. The fraction of sp³-hybridized carbons (Fsp3) is 0.296. The van der Waals surface area contributed by atoms with E-state index in [1.54, 1.807) is 32.2 Å². The van der Waals surface area contributed by atoms with Crippen LogP contribution in [0.4, 0.5) is 5.69 Å². The zero-order valence-electron chi connectivity index (χ0n) is 20.5. The lowest BCUT2D eigenvalue weighted by Crippen LogP contribution is -2.28. The van der Waals surface area contributed by atoms with E-state index in [2.05, 4.69) is 10.0 Å². The summed E-state index contributed by atoms with van der Waals surface area (Å²) in [5.74, 6) is 0.457. The van der Waals surface area contributed by atoms with Gasteiger partial charge in [0.25, 0.3) is 15.9 Å². The summed E-state index contributed by atoms with van der Waals surface area (Å²) in [4.78, 5) is 13.2. The van der Waals surface area contributed by atoms with Crippen LogP contribution in [0.25, 0.3) is 0 Å². The first-order valence-corrected chi connectivity index (χ1v) is 12.7. The Balaban J connectivity index is 1.87. The molecular formula is C27H32N2O4S. The van der Waals surface area contributed by atoms with Crippen molar-refractivity contribution in [2.75, 3.05) is 11.8 Å². The topological polar surface area (TPSA) is 84.5 Å². The molecule has 0 saturated heterocycles. The molecule has 1 unspecified atom stereocenters. The lowest BCUT2D eigenvalue weighted by Gasteiger charge is -2.19. The van der Waals surface area contributed by atoms with Crippen molar-refractivity contribution in [2.24, 2.45) is 0 Å². The second-order valence-corrected chi connectivity index (χ2v) is 10.1. The zero-order chi connectivity index (χ0) is 25.0. The Kier molecular flexibility index (Phi) is 7.67. The van der Waals surface area contributed by atoms with Gasteiger partial charge in [0, 0.05) is 5.56 Å². The lowest BCUT2D eigenvalue weighted by atomic mass is 10.0. The molecular weight excluding hydrogens is 448 g/mol. The quantitative estimate of drug-likeness (QED) is 0.439. The molecule has 0 heterocycles. The number of nitrogens with one attached hydrogen (secondary N) is 2. The van der Waals surface area contributed by atoms with E-state index in [1.165, 1.54) is 6.07 Å². The number of carbonyl (C=O) groups is 1. The molecule has 7 heteroatoms. The number of hydrogen-bond donors (Lipinski definition) is 2. The molecule has 0 fully saturated rings. The van der Waals surface area contributed by atoms with Crippen LogP contribution < -0.4 is 14.8 Å². The summed E-state index contributed by atoms with van der Waals surface area (Å²) in [5.41, 5.74) is 5.17. The fourth-order valence-electron chi connectivity index (χ4n) is 3.87. The van der Waals surface area contributed by atoms with Gasteiger partial charge >= 0.3 is 0 Å². The highest BCUT2D eigenvalue weighted by molar-refractivity contribution is 7.92. The minimum atomic E-state index is -3.88. The number of hydrogen-bond acceptors (Lipinski definition) is 4. The summed E-state index contributed by atoms with van der Waals surface area (Å²) in [6.07, 6.45) is 0.683. The van der Waals surface area contributed by atoms with E-state index in [0.717, 1.165) is 28.0 Å². The van der Waals surface area contributed by atoms with Gasteiger partial charge in [-0.15, -0.1) is 0 Å². The second-order valence-electron chi connectivity index (χ2n) is 8.50. The molecule has 2 N–H and O–H groups in total. The molecule has 0 aliphatic carbocycles. The van der Waals surface area contributed by atoms with Gasteiger partial charge in [-0.05, 0) is 86.2 Å². The molecule has 3 aromatic rings. The minimum Gasteiger partial charge on any atom is -0.496 e. The SMILES string of the molecule is CCC(NC(=O)c1ccc(C)c(S(=O)(=O)Nc2cccc(C)c2C)c1)c1ccc(OC)c(C)c1. The monoisotopic (exact) mass is 480 g/mol.